The Morgan fingerprint density at radius 3 is 2.32 bits per heavy atom. The third kappa shape index (κ3) is 4.02. The number of carbonyl (C=O) groups is 2. The molecule has 0 unspecified atom stereocenters. The molecular weight excluding hydrogens is 510 g/mol. The largest absolute Gasteiger partial charge is 0.458 e. The Morgan fingerprint density at radius 2 is 1.61 bits per heavy atom. The molecule has 2 saturated heterocycles. The van der Waals surface area contributed by atoms with Gasteiger partial charge in [-0.2, -0.15) is 0 Å². The number of halogens is 1. The quantitative estimate of drug-likeness (QED) is 0.183. The van der Waals surface area contributed by atoms with Crippen LogP contribution in [-0.4, -0.2) is 27.7 Å². The van der Waals surface area contributed by atoms with Crippen LogP contribution in [0.25, 0.3) is 11.3 Å². The highest BCUT2D eigenvalue weighted by atomic mass is 35.5. The van der Waals surface area contributed by atoms with Crippen molar-refractivity contribution in [3.8, 4) is 11.3 Å². The summed E-state index contributed by atoms with van der Waals surface area (Å²) >= 11 is 5.97. The highest BCUT2D eigenvalue weighted by Gasteiger charge is 2.60. The number of hydroxylamine groups is 1. The number of nitrogens with zero attached hydrogens (tertiary/aromatic N) is 3. The van der Waals surface area contributed by atoms with Crippen molar-refractivity contribution in [1.82, 2.24) is 4.90 Å². The maximum atomic E-state index is 13.7. The molecule has 10 heteroatoms. The maximum absolute atomic E-state index is 13.7. The first-order valence-corrected chi connectivity index (χ1v) is 12.2. The molecule has 3 aromatic carbocycles. The standard InChI is InChI=1S/C28H20ClN3O6/c29-18-11-12-20(21(15-18)32(35)36)22-13-14-23(37-22)25-24-26(38-31(25)19-9-5-2-6-10-19)28(34)30(27(24)33)16-17-7-3-1-4-8-17/h1-15,24-26H,16H2/t24-,25+,26-/m1/s1. The molecule has 4 aromatic rings. The van der Waals surface area contributed by atoms with E-state index in [1.54, 1.807) is 24.3 Å². The minimum Gasteiger partial charge on any atom is -0.458 e. The van der Waals surface area contributed by atoms with Gasteiger partial charge in [0.25, 0.3) is 11.6 Å². The van der Waals surface area contributed by atoms with E-state index in [0.29, 0.717) is 11.4 Å². The zero-order chi connectivity index (χ0) is 26.4. The molecule has 1 aromatic heterocycles. The molecule has 2 amide bonds. The van der Waals surface area contributed by atoms with E-state index in [0.717, 1.165) is 5.56 Å². The van der Waals surface area contributed by atoms with Crippen molar-refractivity contribution >= 4 is 34.8 Å². The highest BCUT2D eigenvalue weighted by molar-refractivity contribution is 6.30. The molecule has 0 N–H and O–H groups in total. The number of hydrogen-bond acceptors (Lipinski definition) is 7. The normalized spacial score (nSPS) is 20.7. The minimum atomic E-state index is -1.03. The summed E-state index contributed by atoms with van der Waals surface area (Å²) in [5, 5.41) is 13.4. The number of furan rings is 1. The number of nitro benzene ring substituents is 1. The van der Waals surface area contributed by atoms with Crippen molar-refractivity contribution in [2.75, 3.05) is 5.06 Å². The zero-order valence-electron chi connectivity index (χ0n) is 19.8. The van der Waals surface area contributed by atoms with Gasteiger partial charge in [0.2, 0.25) is 5.91 Å². The Kier molecular flexibility index (Phi) is 5.94. The molecule has 2 aliphatic heterocycles. The lowest BCUT2D eigenvalue weighted by Gasteiger charge is -2.27. The number of imide groups is 1. The third-order valence-electron chi connectivity index (χ3n) is 6.74. The average Bonchev–Trinajstić information content (AvgIpc) is 3.62. The Balaban J connectivity index is 1.40. The summed E-state index contributed by atoms with van der Waals surface area (Å²) in [4.78, 5) is 45.5. The second-order valence-corrected chi connectivity index (χ2v) is 9.46. The predicted octanol–water partition coefficient (Wildman–Crippen LogP) is 5.55. The van der Waals surface area contributed by atoms with E-state index < -0.39 is 28.9 Å². The molecule has 9 nitrogen and oxygen atoms in total. The Labute approximate surface area is 221 Å². The van der Waals surface area contributed by atoms with Crippen molar-refractivity contribution in [2.45, 2.75) is 18.7 Å². The number of amides is 2. The smallest absolute Gasteiger partial charge is 0.281 e. The fraction of sp³-hybridized carbons (Fsp3) is 0.143. The van der Waals surface area contributed by atoms with Gasteiger partial charge in [0.15, 0.2) is 6.10 Å². The van der Waals surface area contributed by atoms with Gasteiger partial charge < -0.3 is 4.42 Å². The maximum Gasteiger partial charge on any atom is 0.281 e. The van der Waals surface area contributed by atoms with Crippen molar-refractivity contribution in [3.05, 3.63) is 117 Å². The fourth-order valence-corrected chi connectivity index (χ4v) is 5.17. The summed E-state index contributed by atoms with van der Waals surface area (Å²) in [6.45, 7) is 0.132. The summed E-state index contributed by atoms with van der Waals surface area (Å²) in [7, 11) is 0. The van der Waals surface area contributed by atoms with Gasteiger partial charge >= 0.3 is 0 Å². The van der Waals surface area contributed by atoms with E-state index in [1.807, 2.05) is 48.5 Å². The number of likely N-dealkylation sites (tertiary alicyclic amines) is 1. The highest BCUT2D eigenvalue weighted by Crippen LogP contribution is 2.48. The number of rotatable bonds is 6. The van der Waals surface area contributed by atoms with Crippen LogP contribution in [0.15, 0.2) is 95.4 Å². The number of hydrogen-bond donors (Lipinski definition) is 0. The second-order valence-electron chi connectivity index (χ2n) is 9.03. The Bertz CT molecular complexity index is 1540. The average molecular weight is 530 g/mol. The van der Waals surface area contributed by atoms with Crippen molar-refractivity contribution < 1.29 is 23.8 Å². The molecule has 0 aliphatic carbocycles. The summed E-state index contributed by atoms with van der Waals surface area (Å²) < 4.78 is 6.13. The molecule has 38 heavy (non-hydrogen) atoms. The number of fused-ring (bicyclic) bond motifs is 1. The number of benzene rings is 3. The van der Waals surface area contributed by atoms with Crippen LogP contribution in [-0.2, 0) is 21.0 Å². The van der Waals surface area contributed by atoms with Gasteiger partial charge in [-0.1, -0.05) is 60.1 Å². The van der Waals surface area contributed by atoms with Gasteiger partial charge in [0.05, 0.1) is 22.7 Å². The van der Waals surface area contributed by atoms with Gasteiger partial charge in [-0.05, 0) is 42.0 Å². The molecule has 0 saturated carbocycles. The van der Waals surface area contributed by atoms with Crippen LogP contribution in [0.5, 0.6) is 0 Å². The first-order chi connectivity index (χ1) is 18.4. The molecular formula is C28H20ClN3O6. The molecule has 0 spiro atoms. The SMILES string of the molecule is O=C1[C@H]2[C@@H](ON(c3ccccc3)[C@H]2c2ccc(-c3ccc(Cl)cc3[N+](=O)[O-])o2)C(=O)N1Cc1ccccc1. The van der Waals surface area contributed by atoms with Crippen molar-refractivity contribution in [3.63, 3.8) is 0 Å². The third-order valence-corrected chi connectivity index (χ3v) is 6.98. The van der Waals surface area contributed by atoms with Gasteiger partial charge in [0, 0.05) is 11.1 Å². The van der Waals surface area contributed by atoms with E-state index >= 15 is 0 Å². The van der Waals surface area contributed by atoms with Crippen LogP contribution in [0.3, 0.4) is 0 Å². The number of nitro groups is 1. The topological polar surface area (TPSA) is 106 Å². The zero-order valence-corrected chi connectivity index (χ0v) is 20.5. The summed E-state index contributed by atoms with van der Waals surface area (Å²) in [5.74, 6) is -1.10. The summed E-state index contributed by atoms with van der Waals surface area (Å²) in [5.41, 5.74) is 1.49. The Morgan fingerprint density at radius 1 is 0.895 bits per heavy atom. The van der Waals surface area contributed by atoms with Gasteiger partial charge in [-0.3, -0.25) is 29.4 Å². The second kappa shape index (κ2) is 9.44. The van der Waals surface area contributed by atoms with Crippen LogP contribution in [0.2, 0.25) is 5.02 Å². The molecule has 3 heterocycles. The molecule has 3 atom stereocenters. The first kappa shape index (κ1) is 23.9. The van der Waals surface area contributed by atoms with Crippen LogP contribution >= 0.6 is 11.6 Å². The molecule has 190 valence electrons. The van der Waals surface area contributed by atoms with E-state index in [2.05, 4.69) is 0 Å². The van der Waals surface area contributed by atoms with E-state index in [-0.39, 0.29) is 34.5 Å². The summed E-state index contributed by atoms with van der Waals surface area (Å²) in [6, 6.07) is 25.1. The fourth-order valence-electron chi connectivity index (χ4n) is 5.00. The molecule has 0 bridgehead atoms. The van der Waals surface area contributed by atoms with Crippen LogP contribution in [0.1, 0.15) is 17.4 Å². The molecule has 2 fully saturated rings. The van der Waals surface area contributed by atoms with E-state index in [9.17, 15) is 19.7 Å². The van der Waals surface area contributed by atoms with Crippen molar-refractivity contribution in [1.29, 1.82) is 0 Å². The van der Waals surface area contributed by atoms with Gasteiger partial charge in [0.1, 0.15) is 23.5 Å². The van der Waals surface area contributed by atoms with Crippen LogP contribution < -0.4 is 5.06 Å². The lowest BCUT2D eigenvalue weighted by Crippen LogP contribution is -2.36. The number of anilines is 1. The van der Waals surface area contributed by atoms with Crippen LogP contribution in [0, 0.1) is 16.0 Å². The number of carbonyl (C=O) groups excluding carboxylic acids is 2. The van der Waals surface area contributed by atoms with Crippen molar-refractivity contribution in [2.24, 2.45) is 5.92 Å². The van der Waals surface area contributed by atoms with Gasteiger partial charge in [-0.15, -0.1) is 0 Å². The van der Waals surface area contributed by atoms with E-state index in [1.165, 1.54) is 28.2 Å². The lowest BCUT2D eigenvalue weighted by atomic mass is 9.94. The molecule has 6 rings (SSSR count). The monoisotopic (exact) mass is 529 g/mol. The minimum absolute atomic E-state index is 0.132. The first-order valence-electron chi connectivity index (χ1n) is 11.9. The Hall–Kier alpha value is -4.47. The van der Waals surface area contributed by atoms with Gasteiger partial charge in [-0.25, -0.2) is 5.06 Å². The van der Waals surface area contributed by atoms with E-state index in [4.69, 9.17) is 20.9 Å². The molecule has 2 aliphatic rings. The van der Waals surface area contributed by atoms with Crippen LogP contribution in [0.4, 0.5) is 11.4 Å². The lowest BCUT2D eigenvalue weighted by molar-refractivity contribution is -0.384. The number of para-hydroxylation sites is 1. The molecule has 0 radical (unpaired) electrons. The summed E-state index contributed by atoms with van der Waals surface area (Å²) in [6.07, 6.45) is -1.03. The predicted molar refractivity (Wildman–Crippen MR) is 138 cm³/mol.